The van der Waals surface area contributed by atoms with Crippen LogP contribution in [0.2, 0.25) is 18.1 Å². The van der Waals surface area contributed by atoms with Crippen molar-refractivity contribution in [3.63, 3.8) is 0 Å². The summed E-state index contributed by atoms with van der Waals surface area (Å²) < 4.78 is 25.5. The molecule has 0 bridgehead atoms. The van der Waals surface area contributed by atoms with Gasteiger partial charge in [-0.15, -0.1) is 23.4 Å². The van der Waals surface area contributed by atoms with Crippen molar-refractivity contribution in [3.05, 3.63) is 30.3 Å². The minimum Gasteiger partial charge on any atom is -0.411 e. The van der Waals surface area contributed by atoms with Gasteiger partial charge in [0.15, 0.2) is 14.1 Å². The van der Waals surface area contributed by atoms with E-state index in [4.69, 9.17) is 30.2 Å². The van der Waals surface area contributed by atoms with Crippen molar-refractivity contribution in [3.8, 4) is 0 Å². The van der Waals surface area contributed by atoms with Crippen molar-refractivity contribution in [2.75, 3.05) is 6.61 Å². The second kappa shape index (κ2) is 10.0. The van der Waals surface area contributed by atoms with Crippen LogP contribution in [0, 0.1) is 0 Å². The van der Waals surface area contributed by atoms with Gasteiger partial charge in [0.1, 0.15) is 6.10 Å². The number of fused-ring (bicyclic) bond motifs is 1. The first kappa shape index (κ1) is 25.5. The number of benzene rings is 1. The Labute approximate surface area is 198 Å². The fraction of sp³-hybridized carbons (Fsp3) is 0.750. The first-order chi connectivity index (χ1) is 14.4. The number of hydrogen-bond donors (Lipinski definition) is 0. The molecule has 176 valence electrons. The minimum atomic E-state index is -1.95. The summed E-state index contributed by atoms with van der Waals surface area (Å²) in [6.45, 7) is 15.9. The van der Waals surface area contributed by atoms with Gasteiger partial charge in [-0.3, -0.25) is 0 Å². The van der Waals surface area contributed by atoms with Crippen LogP contribution in [0.5, 0.6) is 0 Å². The van der Waals surface area contributed by atoms with E-state index in [-0.39, 0.29) is 34.2 Å². The first-order valence-electron chi connectivity index (χ1n) is 11.4. The van der Waals surface area contributed by atoms with Crippen molar-refractivity contribution in [2.24, 2.45) is 0 Å². The second-order valence-electron chi connectivity index (χ2n) is 10.7. The van der Waals surface area contributed by atoms with Crippen LogP contribution in [0.3, 0.4) is 0 Å². The Kier molecular flexibility index (Phi) is 8.27. The molecule has 0 N–H and O–H groups in total. The lowest BCUT2D eigenvalue weighted by Gasteiger charge is -2.50. The van der Waals surface area contributed by atoms with Gasteiger partial charge in [0, 0.05) is 11.3 Å². The van der Waals surface area contributed by atoms with E-state index in [0.29, 0.717) is 6.61 Å². The summed E-state index contributed by atoms with van der Waals surface area (Å²) in [4.78, 5) is 1.19. The highest BCUT2D eigenvalue weighted by molar-refractivity contribution is 8.01. The van der Waals surface area contributed by atoms with Gasteiger partial charge in [-0.1, -0.05) is 39.0 Å². The SMILES string of the molecule is CC1(C)OC[C@H]2O[C@@H](CCC(Cl)Sc3ccccc3)[C@H](O[Si](C)(C)C(C)(C)C)C[C@@H]2O1. The molecule has 2 saturated heterocycles. The van der Waals surface area contributed by atoms with Crippen LogP contribution in [0.25, 0.3) is 0 Å². The Hall–Kier alpha value is -0.0831. The maximum atomic E-state index is 6.87. The third-order valence-electron chi connectivity index (χ3n) is 6.61. The third kappa shape index (κ3) is 6.95. The van der Waals surface area contributed by atoms with Crippen LogP contribution >= 0.6 is 23.4 Å². The average molecular weight is 487 g/mol. The van der Waals surface area contributed by atoms with Crippen LogP contribution in [0.4, 0.5) is 0 Å². The van der Waals surface area contributed by atoms with E-state index < -0.39 is 14.1 Å². The number of ether oxygens (including phenoxy) is 3. The molecule has 1 unspecified atom stereocenters. The zero-order valence-electron chi connectivity index (χ0n) is 20.0. The molecule has 5 atom stereocenters. The van der Waals surface area contributed by atoms with Crippen LogP contribution in [0.15, 0.2) is 35.2 Å². The zero-order chi connectivity index (χ0) is 22.9. The number of halogens is 1. The Morgan fingerprint density at radius 1 is 1.19 bits per heavy atom. The smallest absolute Gasteiger partial charge is 0.192 e. The first-order valence-corrected chi connectivity index (χ1v) is 15.6. The van der Waals surface area contributed by atoms with Crippen LogP contribution in [-0.2, 0) is 18.6 Å². The largest absolute Gasteiger partial charge is 0.411 e. The van der Waals surface area contributed by atoms with Crippen molar-refractivity contribution in [1.29, 1.82) is 0 Å². The maximum Gasteiger partial charge on any atom is 0.192 e. The second-order valence-corrected chi connectivity index (χ2v) is 17.5. The Morgan fingerprint density at radius 2 is 1.87 bits per heavy atom. The molecule has 0 spiro atoms. The summed E-state index contributed by atoms with van der Waals surface area (Å²) in [5.74, 6) is -0.577. The van der Waals surface area contributed by atoms with Crippen LogP contribution in [0.1, 0.15) is 53.9 Å². The molecule has 1 aromatic carbocycles. The number of thioether (sulfide) groups is 1. The Morgan fingerprint density at radius 3 is 2.52 bits per heavy atom. The van der Waals surface area contributed by atoms with Gasteiger partial charge >= 0.3 is 0 Å². The number of alkyl halides is 1. The summed E-state index contributed by atoms with van der Waals surface area (Å²) in [6, 6.07) is 10.3. The van der Waals surface area contributed by atoms with E-state index in [0.717, 1.165) is 19.3 Å². The summed E-state index contributed by atoms with van der Waals surface area (Å²) in [5.41, 5.74) is 0. The molecule has 0 radical (unpaired) electrons. The normalized spacial score (nSPS) is 29.9. The molecular weight excluding hydrogens is 448 g/mol. The molecule has 2 aliphatic heterocycles. The molecule has 2 fully saturated rings. The van der Waals surface area contributed by atoms with Gasteiger partial charge in [0.25, 0.3) is 0 Å². The fourth-order valence-corrected chi connectivity index (χ4v) is 6.47. The minimum absolute atomic E-state index is 0.000241. The highest BCUT2D eigenvalue weighted by Gasteiger charge is 2.48. The van der Waals surface area contributed by atoms with Crippen molar-refractivity contribution >= 4 is 31.7 Å². The van der Waals surface area contributed by atoms with E-state index in [1.807, 2.05) is 32.0 Å². The molecule has 0 aromatic heterocycles. The molecule has 31 heavy (non-hydrogen) atoms. The Bertz CT molecular complexity index is 709. The van der Waals surface area contributed by atoms with Gasteiger partial charge in [0.05, 0.1) is 29.6 Å². The van der Waals surface area contributed by atoms with Gasteiger partial charge in [-0.2, -0.15) is 0 Å². The summed E-state index contributed by atoms with van der Waals surface area (Å²) >= 11 is 8.39. The molecule has 0 aliphatic carbocycles. The summed E-state index contributed by atoms with van der Waals surface area (Å²) in [6.07, 6.45) is 2.53. The van der Waals surface area contributed by atoms with E-state index in [9.17, 15) is 0 Å². The zero-order valence-corrected chi connectivity index (χ0v) is 22.6. The predicted octanol–water partition coefficient (Wildman–Crippen LogP) is 6.82. The van der Waals surface area contributed by atoms with Crippen LogP contribution in [-0.4, -0.2) is 49.8 Å². The van der Waals surface area contributed by atoms with Crippen molar-refractivity contribution in [1.82, 2.24) is 0 Å². The monoisotopic (exact) mass is 486 g/mol. The predicted molar refractivity (Wildman–Crippen MR) is 131 cm³/mol. The Balaban J connectivity index is 1.67. The molecule has 1 aromatic rings. The lowest BCUT2D eigenvalue weighted by Crippen LogP contribution is -2.59. The van der Waals surface area contributed by atoms with E-state index in [2.05, 4.69) is 46.0 Å². The topological polar surface area (TPSA) is 36.9 Å². The number of hydrogen-bond acceptors (Lipinski definition) is 5. The molecule has 2 aliphatic rings. The van der Waals surface area contributed by atoms with Gasteiger partial charge in [-0.25, -0.2) is 0 Å². The highest BCUT2D eigenvalue weighted by atomic mass is 35.5. The summed E-state index contributed by atoms with van der Waals surface area (Å²) in [7, 11) is -1.95. The fourth-order valence-electron chi connectivity index (χ4n) is 3.82. The summed E-state index contributed by atoms with van der Waals surface area (Å²) in [5, 5.41) is 0.141. The van der Waals surface area contributed by atoms with Crippen LogP contribution < -0.4 is 0 Å². The molecule has 0 amide bonds. The molecule has 0 saturated carbocycles. The molecule has 2 heterocycles. The third-order valence-corrected chi connectivity index (χ3v) is 12.6. The molecule has 4 nitrogen and oxygen atoms in total. The lowest BCUT2D eigenvalue weighted by atomic mass is 9.95. The van der Waals surface area contributed by atoms with E-state index in [1.54, 1.807) is 11.8 Å². The highest BCUT2D eigenvalue weighted by Crippen LogP contribution is 2.42. The van der Waals surface area contributed by atoms with E-state index >= 15 is 0 Å². The van der Waals surface area contributed by atoms with Gasteiger partial charge in [-0.05, 0) is 57.0 Å². The standard InChI is InChI=1S/C24H39ClO4SSi/c1-23(2,3)31(6,7)29-20-15-19-21(16-26-24(4,5)28-19)27-18(20)13-14-22(25)30-17-11-9-8-10-12-17/h8-12,18-22H,13-16H2,1-7H3/t18-,19-,20+,21+,22?/m0/s1. The van der Waals surface area contributed by atoms with Crippen molar-refractivity contribution in [2.45, 2.75) is 112 Å². The lowest BCUT2D eigenvalue weighted by molar-refractivity contribution is -0.335. The number of rotatable bonds is 7. The van der Waals surface area contributed by atoms with Gasteiger partial charge in [0.2, 0.25) is 0 Å². The maximum absolute atomic E-state index is 6.87. The molecule has 7 heteroatoms. The van der Waals surface area contributed by atoms with Gasteiger partial charge < -0.3 is 18.6 Å². The molecule has 3 rings (SSSR count). The van der Waals surface area contributed by atoms with Crippen molar-refractivity contribution < 1.29 is 18.6 Å². The van der Waals surface area contributed by atoms with E-state index in [1.165, 1.54) is 4.90 Å². The molecular formula is C24H39ClO4SSi. The average Bonchev–Trinajstić information content (AvgIpc) is 2.65. The quantitative estimate of drug-likeness (QED) is 0.240.